The van der Waals surface area contributed by atoms with Crippen molar-refractivity contribution in [1.29, 1.82) is 0 Å². The molecule has 9 nitrogen and oxygen atoms in total. The smallest absolute Gasteiger partial charge is 0.281 e. The molecule has 1 aliphatic rings. The van der Waals surface area contributed by atoms with E-state index in [0.29, 0.717) is 36.9 Å². The molecule has 1 aliphatic heterocycles. The second-order valence-electron chi connectivity index (χ2n) is 8.78. The number of rotatable bonds is 6. The Labute approximate surface area is 200 Å². The van der Waals surface area contributed by atoms with Crippen LogP contribution >= 0.6 is 0 Å². The standard InChI is InChI=1S/C25H25FN6O3/c1-16-4-10-20(11-5-16)35-15-21(33)31-12-2-3-18(14-31)23-27-24-22(25(34)28-23)29-30-32(24)13-17-6-8-19(26)9-7-17/h4-11,18H,2-3,12-15H2,1H3,(H,27,28,34)/t18-/m0/s1. The summed E-state index contributed by atoms with van der Waals surface area (Å²) >= 11 is 0. The molecule has 0 aliphatic carbocycles. The third-order valence-electron chi connectivity index (χ3n) is 6.18. The van der Waals surface area contributed by atoms with Crippen LogP contribution in [-0.4, -0.2) is 55.5 Å². The van der Waals surface area contributed by atoms with Crippen molar-refractivity contribution in [3.05, 3.63) is 81.7 Å². The number of ether oxygens (including phenoxy) is 1. The van der Waals surface area contributed by atoms with Crippen molar-refractivity contribution in [2.75, 3.05) is 19.7 Å². The van der Waals surface area contributed by atoms with Crippen molar-refractivity contribution in [2.45, 2.75) is 32.2 Å². The molecule has 2 aromatic carbocycles. The van der Waals surface area contributed by atoms with Gasteiger partial charge in [-0.25, -0.2) is 14.1 Å². The van der Waals surface area contributed by atoms with E-state index in [9.17, 15) is 14.0 Å². The Balaban J connectivity index is 1.31. The second kappa shape index (κ2) is 9.65. The highest BCUT2D eigenvalue weighted by Gasteiger charge is 2.27. The number of piperidine rings is 1. The zero-order valence-corrected chi connectivity index (χ0v) is 19.3. The average Bonchev–Trinajstić information content (AvgIpc) is 3.28. The normalized spacial score (nSPS) is 15.9. The van der Waals surface area contributed by atoms with Gasteiger partial charge in [-0.15, -0.1) is 5.10 Å². The Bertz CT molecular complexity index is 1400. The van der Waals surface area contributed by atoms with Gasteiger partial charge in [-0.2, -0.15) is 0 Å². The van der Waals surface area contributed by atoms with Crippen molar-refractivity contribution in [3.8, 4) is 5.75 Å². The van der Waals surface area contributed by atoms with Gasteiger partial charge < -0.3 is 14.6 Å². The number of hydrogen-bond donors (Lipinski definition) is 1. The first-order valence-corrected chi connectivity index (χ1v) is 11.5. The minimum absolute atomic E-state index is 0.0485. The number of likely N-dealkylation sites (tertiary alicyclic amines) is 1. The maximum Gasteiger partial charge on any atom is 0.281 e. The lowest BCUT2D eigenvalue weighted by molar-refractivity contribution is -0.134. The summed E-state index contributed by atoms with van der Waals surface area (Å²) in [6, 6.07) is 13.6. The summed E-state index contributed by atoms with van der Waals surface area (Å²) in [5.74, 6) is 0.591. The van der Waals surface area contributed by atoms with Crippen LogP contribution in [0.4, 0.5) is 4.39 Å². The number of aryl methyl sites for hydroxylation is 1. The van der Waals surface area contributed by atoms with E-state index in [2.05, 4.69) is 20.3 Å². The third kappa shape index (κ3) is 5.06. The highest BCUT2D eigenvalue weighted by molar-refractivity contribution is 5.78. The Morgan fingerprint density at radius 2 is 1.94 bits per heavy atom. The van der Waals surface area contributed by atoms with Crippen molar-refractivity contribution in [1.82, 2.24) is 29.9 Å². The summed E-state index contributed by atoms with van der Waals surface area (Å²) in [6.45, 7) is 3.31. The summed E-state index contributed by atoms with van der Waals surface area (Å²) in [6.07, 6.45) is 1.58. The number of aromatic nitrogens is 5. The maximum absolute atomic E-state index is 13.2. The minimum Gasteiger partial charge on any atom is -0.484 e. The van der Waals surface area contributed by atoms with Crippen LogP contribution in [0.2, 0.25) is 0 Å². The molecule has 1 N–H and O–H groups in total. The van der Waals surface area contributed by atoms with Crippen LogP contribution in [0, 0.1) is 12.7 Å². The van der Waals surface area contributed by atoms with Gasteiger partial charge in [0.15, 0.2) is 17.8 Å². The molecule has 35 heavy (non-hydrogen) atoms. The summed E-state index contributed by atoms with van der Waals surface area (Å²) in [5.41, 5.74) is 2.06. The van der Waals surface area contributed by atoms with E-state index in [1.54, 1.807) is 17.0 Å². The van der Waals surface area contributed by atoms with Gasteiger partial charge in [0.1, 0.15) is 17.4 Å². The monoisotopic (exact) mass is 476 g/mol. The number of fused-ring (bicyclic) bond motifs is 1. The number of benzene rings is 2. The lowest BCUT2D eigenvalue weighted by Gasteiger charge is -2.32. The maximum atomic E-state index is 13.2. The van der Waals surface area contributed by atoms with Crippen LogP contribution in [0.3, 0.4) is 0 Å². The Kier molecular flexibility index (Phi) is 6.26. The van der Waals surface area contributed by atoms with Crippen molar-refractivity contribution < 1.29 is 13.9 Å². The van der Waals surface area contributed by atoms with E-state index in [1.165, 1.54) is 16.8 Å². The van der Waals surface area contributed by atoms with Crippen LogP contribution in [0.1, 0.15) is 35.7 Å². The Morgan fingerprint density at radius 3 is 2.71 bits per heavy atom. The molecule has 5 rings (SSSR count). The molecule has 0 bridgehead atoms. The van der Waals surface area contributed by atoms with Crippen LogP contribution in [0.5, 0.6) is 5.75 Å². The van der Waals surface area contributed by atoms with Gasteiger partial charge in [0, 0.05) is 19.0 Å². The molecule has 1 saturated heterocycles. The number of carbonyl (C=O) groups is 1. The molecule has 1 fully saturated rings. The number of aromatic amines is 1. The van der Waals surface area contributed by atoms with Crippen LogP contribution < -0.4 is 10.3 Å². The summed E-state index contributed by atoms with van der Waals surface area (Å²) in [5, 5.41) is 8.04. The molecule has 10 heteroatoms. The molecule has 4 aromatic rings. The molecule has 1 amide bonds. The minimum atomic E-state index is -0.374. The third-order valence-corrected chi connectivity index (χ3v) is 6.18. The number of H-pyrrole nitrogens is 1. The molecular weight excluding hydrogens is 451 g/mol. The highest BCUT2D eigenvalue weighted by Crippen LogP contribution is 2.25. The summed E-state index contributed by atoms with van der Waals surface area (Å²) < 4.78 is 20.4. The number of nitrogens with zero attached hydrogens (tertiary/aromatic N) is 5. The molecule has 0 spiro atoms. The molecule has 180 valence electrons. The van der Waals surface area contributed by atoms with Gasteiger partial charge >= 0.3 is 0 Å². The molecule has 0 saturated carbocycles. The Morgan fingerprint density at radius 1 is 1.17 bits per heavy atom. The molecule has 0 unspecified atom stereocenters. The molecule has 3 heterocycles. The summed E-state index contributed by atoms with van der Waals surface area (Å²) in [4.78, 5) is 34.7. The van der Waals surface area contributed by atoms with Crippen molar-refractivity contribution >= 4 is 17.1 Å². The zero-order chi connectivity index (χ0) is 24.4. The number of hydrogen-bond acceptors (Lipinski definition) is 6. The van der Waals surface area contributed by atoms with Gasteiger partial charge in [0.25, 0.3) is 11.5 Å². The first-order chi connectivity index (χ1) is 17.0. The molecular formula is C25H25FN6O3. The van der Waals surface area contributed by atoms with Gasteiger partial charge in [-0.05, 0) is 49.6 Å². The lowest BCUT2D eigenvalue weighted by Crippen LogP contribution is -2.42. The van der Waals surface area contributed by atoms with Crippen molar-refractivity contribution in [2.24, 2.45) is 0 Å². The number of halogens is 1. The first-order valence-electron chi connectivity index (χ1n) is 11.5. The fourth-order valence-corrected chi connectivity index (χ4v) is 4.24. The van der Waals surface area contributed by atoms with Gasteiger partial charge in [-0.1, -0.05) is 35.0 Å². The number of nitrogens with one attached hydrogen (secondary N) is 1. The average molecular weight is 477 g/mol. The fourth-order valence-electron chi connectivity index (χ4n) is 4.24. The van der Waals surface area contributed by atoms with E-state index < -0.39 is 0 Å². The van der Waals surface area contributed by atoms with E-state index in [4.69, 9.17) is 4.74 Å². The largest absolute Gasteiger partial charge is 0.484 e. The topological polar surface area (TPSA) is 106 Å². The highest BCUT2D eigenvalue weighted by atomic mass is 19.1. The first kappa shape index (κ1) is 22.7. The molecule has 2 aromatic heterocycles. The molecule has 1 atom stereocenters. The van der Waals surface area contributed by atoms with E-state index >= 15 is 0 Å². The van der Waals surface area contributed by atoms with Gasteiger partial charge in [0.2, 0.25) is 0 Å². The zero-order valence-electron chi connectivity index (χ0n) is 19.3. The number of amides is 1. The van der Waals surface area contributed by atoms with Gasteiger partial charge in [-0.3, -0.25) is 9.59 Å². The van der Waals surface area contributed by atoms with Crippen LogP contribution in [0.25, 0.3) is 11.2 Å². The van der Waals surface area contributed by atoms with E-state index in [-0.39, 0.29) is 35.3 Å². The predicted octanol–water partition coefficient (Wildman–Crippen LogP) is 2.80. The SMILES string of the molecule is Cc1ccc(OCC(=O)N2CCC[C@H](c3nc4c(nnn4Cc4ccc(F)cc4)c(=O)[nH]3)C2)cc1. The lowest BCUT2D eigenvalue weighted by atomic mass is 9.97. The predicted molar refractivity (Wildman–Crippen MR) is 127 cm³/mol. The van der Waals surface area contributed by atoms with E-state index in [1.807, 2.05) is 31.2 Å². The van der Waals surface area contributed by atoms with Crippen LogP contribution in [0.15, 0.2) is 53.3 Å². The van der Waals surface area contributed by atoms with Crippen LogP contribution in [-0.2, 0) is 11.3 Å². The van der Waals surface area contributed by atoms with Crippen molar-refractivity contribution in [3.63, 3.8) is 0 Å². The fraction of sp³-hybridized carbons (Fsp3) is 0.320. The Hall–Kier alpha value is -4.08. The second-order valence-corrected chi connectivity index (χ2v) is 8.78. The quantitative estimate of drug-likeness (QED) is 0.459. The number of carbonyl (C=O) groups excluding carboxylic acids is 1. The van der Waals surface area contributed by atoms with Gasteiger partial charge in [0.05, 0.1) is 6.54 Å². The molecule has 0 radical (unpaired) electrons. The summed E-state index contributed by atoms with van der Waals surface area (Å²) in [7, 11) is 0. The van der Waals surface area contributed by atoms with E-state index in [0.717, 1.165) is 24.0 Å².